The zero-order chi connectivity index (χ0) is 6.41. The van der Waals surface area contributed by atoms with E-state index in [9.17, 15) is 4.79 Å². The lowest BCUT2D eigenvalue weighted by atomic mass is 10.8. The van der Waals surface area contributed by atoms with Crippen LogP contribution in [-0.2, 0) is 4.79 Å². The molecule has 0 aliphatic rings. The van der Waals surface area contributed by atoms with Gasteiger partial charge in [-0.25, -0.2) is 0 Å². The van der Waals surface area contributed by atoms with Crippen molar-refractivity contribution in [1.29, 1.82) is 0 Å². The number of hydrogen-bond acceptors (Lipinski definition) is 2. The molecule has 44 valence electrons. The third-order valence-corrected chi connectivity index (χ3v) is 0.595. The van der Waals surface area contributed by atoms with Crippen LogP contribution in [0.5, 0.6) is 0 Å². The SMILES string of the molecule is C=CN(C=C)NC=O. The Labute approximate surface area is 48.3 Å². The van der Waals surface area contributed by atoms with Gasteiger partial charge in [-0.2, -0.15) is 0 Å². The first-order valence-electron chi connectivity index (χ1n) is 2.08. The summed E-state index contributed by atoms with van der Waals surface area (Å²) in [4.78, 5) is 9.68. The second kappa shape index (κ2) is 3.92. The Balaban J connectivity index is 3.50. The molecular formula is C5H8N2O. The smallest absolute Gasteiger partial charge is 0.225 e. The topological polar surface area (TPSA) is 32.3 Å². The Morgan fingerprint density at radius 3 is 2.00 bits per heavy atom. The largest absolute Gasteiger partial charge is 0.277 e. The summed E-state index contributed by atoms with van der Waals surface area (Å²) >= 11 is 0. The van der Waals surface area contributed by atoms with E-state index >= 15 is 0 Å². The molecule has 1 N–H and O–H groups in total. The summed E-state index contributed by atoms with van der Waals surface area (Å²) in [7, 11) is 0. The molecule has 3 nitrogen and oxygen atoms in total. The number of amides is 1. The second-order valence-electron chi connectivity index (χ2n) is 1.02. The first kappa shape index (κ1) is 6.75. The zero-order valence-electron chi connectivity index (χ0n) is 4.50. The Hall–Kier alpha value is -1.25. The van der Waals surface area contributed by atoms with Gasteiger partial charge in [0.15, 0.2) is 0 Å². The molecule has 0 aromatic heterocycles. The number of nitrogens with zero attached hydrogens (tertiary/aromatic N) is 1. The molecule has 0 aliphatic carbocycles. The van der Waals surface area contributed by atoms with Crippen LogP contribution in [0.4, 0.5) is 0 Å². The number of carbonyl (C=O) groups is 1. The number of nitrogens with one attached hydrogen (secondary N) is 1. The van der Waals surface area contributed by atoms with E-state index in [-0.39, 0.29) is 0 Å². The maximum absolute atomic E-state index is 9.68. The number of rotatable bonds is 4. The molecule has 0 radical (unpaired) electrons. The molecule has 0 bridgehead atoms. The van der Waals surface area contributed by atoms with Gasteiger partial charge in [0.05, 0.1) is 0 Å². The molecule has 0 aromatic carbocycles. The van der Waals surface area contributed by atoms with E-state index in [4.69, 9.17) is 0 Å². The molecular weight excluding hydrogens is 104 g/mol. The van der Waals surface area contributed by atoms with E-state index in [1.54, 1.807) is 0 Å². The van der Waals surface area contributed by atoms with Gasteiger partial charge in [-0.1, -0.05) is 13.2 Å². The van der Waals surface area contributed by atoms with E-state index in [1.807, 2.05) is 0 Å². The van der Waals surface area contributed by atoms with E-state index in [2.05, 4.69) is 18.6 Å². The van der Waals surface area contributed by atoms with Gasteiger partial charge < -0.3 is 0 Å². The fraction of sp³-hybridized carbons (Fsp3) is 0. The van der Waals surface area contributed by atoms with Gasteiger partial charge in [-0.05, 0) is 0 Å². The molecule has 0 atom stereocenters. The highest BCUT2D eigenvalue weighted by molar-refractivity contribution is 5.45. The highest BCUT2D eigenvalue weighted by atomic mass is 16.1. The Bertz CT molecular complexity index is 92.6. The van der Waals surface area contributed by atoms with Gasteiger partial charge in [-0.3, -0.25) is 15.2 Å². The molecule has 0 fully saturated rings. The van der Waals surface area contributed by atoms with Crippen molar-refractivity contribution < 1.29 is 4.79 Å². The average molecular weight is 112 g/mol. The quantitative estimate of drug-likeness (QED) is 0.417. The first-order chi connectivity index (χ1) is 3.85. The van der Waals surface area contributed by atoms with Gasteiger partial charge in [-0.15, -0.1) is 0 Å². The standard InChI is InChI=1S/C5H8N2O/c1-3-7(4-2)6-5-8/h3-5H,1-2H2,(H,6,8). The van der Waals surface area contributed by atoms with E-state index in [0.717, 1.165) is 0 Å². The maximum atomic E-state index is 9.68. The maximum Gasteiger partial charge on any atom is 0.225 e. The number of hydrogen-bond donors (Lipinski definition) is 1. The molecule has 0 saturated heterocycles. The fourth-order valence-electron chi connectivity index (χ4n) is 0.241. The molecule has 0 aliphatic heterocycles. The molecule has 0 aromatic rings. The van der Waals surface area contributed by atoms with Crippen molar-refractivity contribution in [2.75, 3.05) is 0 Å². The summed E-state index contributed by atoms with van der Waals surface area (Å²) < 4.78 is 0. The van der Waals surface area contributed by atoms with Crippen molar-refractivity contribution in [3.63, 3.8) is 0 Å². The van der Waals surface area contributed by atoms with Gasteiger partial charge in [0.1, 0.15) is 0 Å². The number of hydrazine groups is 1. The van der Waals surface area contributed by atoms with Gasteiger partial charge in [0.2, 0.25) is 6.41 Å². The van der Waals surface area contributed by atoms with Crippen molar-refractivity contribution in [2.45, 2.75) is 0 Å². The van der Waals surface area contributed by atoms with Crippen LogP contribution >= 0.6 is 0 Å². The van der Waals surface area contributed by atoms with Gasteiger partial charge in [0, 0.05) is 12.4 Å². The third kappa shape index (κ3) is 2.02. The van der Waals surface area contributed by atoms with E-state index < -0.39 is 0 Å². The predicted octanol–water partition coefficient (Wildman–Crippen LogP) is 0.236. The summed E-state index contributed by atoms with van der Waals surface area (Å²) in [6.45, 7) is 6.77. The summed E-state index contributed by atoms with van der Waals surface area (Å²) in [5.41, 5.74) is 2.30. The van der Waals surface area contributed by atoms with Crippen molar-refractivity contribution in [3.8, 4) is 0 Å². The molecule has 8 heavy (non-hydrogen) atoms. The average Bonchev–Trinajstić information content (AvgIpc) is 1.83. The normalized spacial score (nSPS) is 7.00. The van der Waals surface area contributed by atoms with Crippen LogP contribution in [0, 0.1) is 0 Å². The van der Waals surface area contributed by atoms with Crippen LogP contribution in [0.3, 0.4) is 0 Å². The van der Waals surface area contributed by atoms with Crippen molar-refractivity contribution in [2.24, 2.45) is 0 Å². The summed E-state index contributed by atoms with van der Waals surface area (Å²) in [5.74, 6) is 0. The molecule has 0 rings (SSSR count). The monoisotopic (exact) mass is 112 g/mol. The zero-order valence-corrected chi connectivity index (χ0v) is 4.50. The van der Waals surface area contributed by atoms with Crippen LogP contribution in [0.1, 0.15) is 0 Å². The fourth-order valence-corrected chi connectivity index (χ4v) is 0.241. The molecule has 3 heteroatoms. The minimum atomic E-state index is 0.545. The highest BCUT2D eigenvalue weighted by Gasteiger charge is 1.81. The van der Waals surface area contributed by atoms with E-state index in [1.165, 1.54) is 17.4 Å². The Morgan fingerprint density at radius 1 is 1.38 bits per heavy atom. The van der Waals surface area contributed by atoms with Crippen LogP contribution < -0.4 is 5.43 Å². The van der Waals surface area contributed by atoms with Crippen molar-refractivity contribution in [3.05, 3.63) is 25.6 Å². The molecule has 1 amide bonds. The van der Waals surface area contributed by atoms with Crippen LogP contribution in [0.15, 0.2) is 25.6 Å². The van der Waals surface area contributed by atoms with Gasteiger partial charge >= 0.3 is 0 Å². The third-order valence-electron chi connectivity index (χ3n) is 0.595. The molecule has 0 heterocycles. The van der Waals surface area contributed by atoms with Crippen LogP contribution in [0.25, 0.3) is 0 Å². The highest BCUT2D eigenvalue weighted by Crippen LogP contribution is 1.76. The summed E-state index contributed by atoms with van der Waals surface area (Å²) in [6, 6.07) is 0. The second-order valence-corrected chi connectivity index (χ2v) is 1.02. The lowest BCUT2D eigenvalue weighted by molar-refractivity contribution is -0.112. The first-order valence-corrected chi connectivity index (χ1v) is 2.08. The van der Waals surface area contributed by atoms with Crippen LogP contribution in [-0.4, -0.2) is 11.4 Å². The predicted molar refractivity (Wildman–Crippen MR) is 31.4 cm³/mol. The van der Waals surface area contributed by atoms with Gasteiger partial charge in [0.25, 0.3) is 0 Å². The number of carbonyl (C=O) groups excluding carboxylic acids is 1. The van der Waals surface area contributed by atoms with Crippen molar-refractivity contribution >= 4 is 6.41 Å². The lowest BCUT2D eigenvalue weighted by Crippen LogP contribution is -2.25. The van der Waals surface area contributed by atoms with E-state index in [0.29, 0.717) is 6.41 Å². The lowest BCUT2D eigenvalue weighted by Gasteiger charge is -2.09. The summed E-state index contributed by atoms with van der Waals surface area (Å²) in [5, 5.41) is 1.34. The minimum absolute atomic E-state index is 0.545. The Morgan fingerprint density at radius 2 is 1.88 bits per heavy atom. The molecule has 0 saturated carbocycles. The Kier molecular flexibility index (Phi) is 3.31. The molecule has 0 unspecified atom stereocenters. The summed E-state index contributed by atoms with van der Waals surface area (Å²) in [6.07, 6.45) is 3.41. The van der Waals surface area contributed by atoms with Crippen LogP contribution in [0.2, 0.25) is 0 Å². The van der Waals surface area contributed by atoms with Crippen molar-refractivity contribution in [1.82, 2.24) is 10.4 Å². The minimum Gasteiger partial charge on any atom is -0.277 e. The molecule has 0 spiro atoms.